The van der Waals surface area contributed by atoms with Crippen LogP contribution in [0.2, 0.25) is 0 Å². The number of pyridine rings is 4. The fraction of sp³-hybridized carbons (Fsp3) is 0. The first-order valence-corrected chi connectivity index (χ1v) is 24.4. The number of hydrogen-bond acceptors (Lipinski definition) is 4. The molecular formula is C68H42N4. The summed E-state index contributed by atoms with van der Waals surface area (Å²) in [6, 6.07) is 86.7. The maximum Gasteiger partial charge on any atom is 0.0986 e. The second kappa shape index (κ2) is 17.1. The Morgan fingerprint density at radius 2 is 0.653 bits per heavy atom. The van der Waals surface area contributed by atoms with E-state index in [1.807, 2.05) is 42.7 Å². The molecule has 0 amide bonds. The summed E-state index contributed by atoms with van der Waals surface area (Å²) in [4.78, 5) is 19.4. The molecule has 0 saturated heterocycles. The average Bonchev–Trinajstić information content (AvgIpc) is 3.46. The first-order valence-electron chi connectivity index (χ1n) is 24.4. The molecule has 0 unspecified atom stereocenters. The van der Waals surface area contributed by atoms with E-state index in [0.717, 1.165) is 66.1 Å². The minimum Gasteiger partial charge on any atom is -0.254 e. The van der Waals surface area contributed by atoms with Crippen molar-refractivity contribution in [2.24, 2.45) is 0 Å². The Kier molecular flexibility index (Phi) is 9.82. The van der Waals surface area contributed by atoms with Gasteiger partial charge in [-0.1, -0.05) is 188 Å². The molecule has 11 aromatic carbocycles. The SMILES string of the molecule is c1ccc(-c2ccc3c4cccnc4c4ncccc4c3n2)cc1.c1ccc2cc(-c3c4ccccc4c(-c4ccc5ccccc5c4)c4cc(-c5ccc6ccc7ccccc7c6n5)ccc34)ccc2c1. The summed E-state index contributed by atoms with van der Waals surface area (Å²) in [7, 11) is 0. The van der Waals surface area contributed by atoms with Gasteiger partial charge in [0.25, 0.3) is 0 Å². The molecule has 0 radical (unpaired) electrons. The zero-order chi connectivity index (χ0) is 47.5. The summed E-state index contributed by atoms with van der Waals surface area (Å²) in [6.07, 6.45) is 3.62. The Morgan fingerprint density at radius 1 is 0.208 bits per heavy atom. The van der Waals surface area contributed by atoms with Gasteiger partial charge in [-0.2, -0.15) is 0 Å². The van der Waals surface area contributed by atoms with Gasteiger partial charge in [0.1, 0.15) is 0 Å². The van der Waals surface area contributed by atoms with Crippen LogP contribution in [0.1, 0.15) is 0 Å². The van der Waals surface area contributed by atoms with E-state index in [0.29, 0.717) is 0 Å². The van der Waals surface area contributed by atoms with Crippen molar-refractivity contribution in [2.75, 3.05) is 0 Å². The third-order valence-corrected chi connectivity index (χ3v) is 14.3. The number of nitrogens with zero attached hydrogens (tertiary/aromatic N) is 4. The molecule has 0 atom stereocenters. The van der Waals surface area contributed by atoms with Crippen molar-refractivity contribution in [1.82, 2.24) is 19.9 Å². The summed E-state index contributed by atoms with van der Waals surface area (Å²) >= 11 is 0. The lowest BCUT2D eigenvalue weighted by molar-refractivity contribution is 1.36. The molecule has 4 heterocycles. The number of aromatic nitrogens is 4. The maximum absolute atomic E-state index is 5.30. The number of rotatable bonds is 4. The molecule has 4 nitrogen and oxygen atoms in total. The highest BCUT2D eigenvalue weighted by atomic mass is 14.8. The highest BCUT2D eigenvalue weighted by Gasteiger charge is 2.19. The van der Waals surface area contributed by atoms with Gasteiger partial charge in [-0.3, -0.25) is 9.97 Å². The first kappa shape index (κ1) is 41.3. The summed E-state index contributed by atoms with van der Waals surface area (Å²) < 4.78 is 0. The van der Waals surface area contributed by atoms with Crippen LogP contribution in [0, 0.1) is 0 Å². The van der Waals surface area contributed by atoms with E-state index in [9.17, 15) is 0 Å². The fourth-order valence-corrected chi connectivity index (χ4v) is 10.9. The lowest BCUT2D eigenvalue weighted by atomic mass is 9.84. The molecule has 72 heavy (non-hydrogen) atoms. The van der Waals surface area contributed by atoms with Gasteiger partial charge >= 0.3 is 0 Å². The lowest BCUT2D eigenvalue weighted by Crippen LogP contribution is -1.93. The van der Waals surface area contributed by atoms with Gasteiger partial charge in [0.05, 0.1) is 33.5 Å². The van der Waals surface area contributed by atoms with Gasteiger partial charge < -0.3 is 0 Å². The van der Waals surface area contributed by atoms with Crippen molar-refractivity contribution in [3.05, 3.63) is 255 Å². The predicted octanol–water partition coefficient (Wildman–Crippen LogP) is 18.0. The van der Waals surface area contributed by atoms with Crippen LogP contribution in [0.15, 0.2) is 255 Å². The van der Waals surface area contributed by atoms with Gasteiger partial charge in [0, 0.05) is 50.5 Å². The van der Waals surface area contributed by atoms with Crippen molar-refractivity contribution in [3.8, 4) is 44.8 Å². The van der Waals surface area contributed by atoms with Crippen molar-refractivity contribution in [2.45, 2.75) is 0 Å². The molecule has 15 rings (SSSR count). The van der Waals surface area contributed by atoms with Gasteiger partial charge in [-0.25, -0.2) is 9.97 Å². The highest BCUT2D eigenvalue weighted by molar-refractivity contribution is 6.24. The van der Waals surface area contributed by atoms with Crippen LogP contribution < -0.4 is 0 Å². The maximum atomic E-state index is 5.30. The quantitative estimate of drug-likeness (QED) is 0.130. The fourth-order valence-electron chi connectivity index (χ4n) is 10.9. The summed E-state index contributed by atoms with van der Waals surface area (Å²) in [6.45, 7) is 0. The standard InChI is InChI=1S/C47H29N.C21H13N3/c1-3-12-34-27-37(21-17-30(34)9-1)45-40-15-7-8-16-41(40)46(38-22-18-31-10-2-4-13-35(31)28-38)43-29-36(23-25-42(43)45)44-26-24-33-20-19-32-11-5-6-14-39(32)47(33)48-44;1-2-6-14(7-3-1)18-11-10-16-15-8-4-12-22-20(15)21-17(19(16)24-18)9-5-13-23-21/h1-29H;1-13H. The zero-order valence-electron chi connectivity index (χ0n) is 39.0. The Balaban J connectivity index is 0.000000168. The molecule has 0 spiro atoms. The molecule has 334 valence electrons. The molecule has 4 heteroatoms. The molecule has 4 aromatic heterocycles. The highest BCUT2D eigenvalue weighted by Crippen LogP contribution is 2.46. The molecule has 0 N–H and O–H groups in total. The average molecular weight is 915 g/mol. The van der Waals surface area contributed by atoms with E-state index < -0.39 is 0 Å². The molecule has 0 saturated carbocycles. The smallest absolute Gasteiger partial charge is 0.0986 e. The normalized spacial score (nSPS) is 11.6. The van der Waals surface area contributed by atoms with E-state index in [-0.39, 0.29) is 0 Å². The van der Waals surface area contributed by atoms with E-state index >= 15 is 0 Å². The zero-order valence-corrected chi connectivity index (χ0v) is 39.0. The van der Waals surface area contributed by atoms with Crippen LogP contribution in [0.3, 0.4) is 0 Å². The van der Waals surface area contributed by atoms with Crippen molar-refractivity contribution < 1.29 is 0 Å². The topological polar surface area (TPSA) is 51.6 Å². The Morgan fingerprint density at radius 3 is 1.36 bits per heavy atom. The van der Waals surface area contributed by atoms with Gasteiger partial charge in [0.15, 0.2) is 0 Å². The largest absolute Gasteiger partial charge is 0.254 e. The van der Waals surface area contributed by atoms with Crippen LogP contribution in [0.5, 0.6) is 0 Å². The molecule has 15 aromatic rings. The number of fused-ring (bicyclic) bond motifs is 13. The van der Waals surface area contributed by atoms with Crippen LogP contribution >= 0.6 is 0 Å². The van der Waals surface area contributed by atoms with E-state index in [2.05, 4.69) is 222 Å². The van der Waals surface area contributed by atoms with Crippen molar-refractivity contribution >= 4 is 97.5 Å². The molecule has 0 bridgehead atoms. The third kappa shape index (κ3) is 7.00. The van der Waals surface area contributed by atoms with Crippen LogP contribution in [-0.4, -0.2) is 19.9 Å². The summed E-state index contributed by atoms with van der Waals surface area (Å²) in [5.41, 5.74) is 13.0. The van der Waals surface area contributed by atoms with Gasteiger partial charge in [0.2, 0.25) is 0 Å². The minimum absolute atomic E-state index is 0.901. The van der Waals surface area contributed by atoms with Crippen molar-refractivity contribution in [1.29, 1.82) is 0 Å². The Labute approximate surface area is 415 Å². The molecule has 0 aliphatic heterocycles. The monoisotopic (exact) mass is 914 g/mol. The van der Waals surface area contributed by atoms with E-state index in [1.54, 1.807) is 0 Å². The number of benzene rings is 11. The predicted molar refractivity (Wildman–Crippen MR) is 303 cm³/mol. The molecule has 0 aliphatic rings. The van der Waals surface area contributed by atoms with E-state index in [4.69, 9.17) is 9.97 Å². The Hall–Kier alpha value is -9.64. The second-order valence-electron chi connectivity index (χ2n) is 18.5. The lowest BCUT2D eigenvalue weighted by Gasteiger charge is -2.19. The van der Waals surface area contributed by atoms with Gasteiger partial charge in [-0.15, -0.1) is 0 Å². The van der Waals surface area contributed by atoms with Crippen LogP contribution in [0.4, 0.5) is 0 Å². The van der Waals surface area contributed by atoms with Crippen LogP contribution in [-0.2, 0) is 0 Å². The van der Waals surface area contributed by atoms with Crippen LogP contribution in [0.25, 0.3) is 142 Å². The molecular weight excluding hydrogens is 873 g/mol. The number of hydrogen-bond donors (Lipinski definition) is 0. The van der Waals surface area contributed by atoms with E-state index in [1.165, 1.54) is 76.1 Å². The second-order valence-corrected chi connectivity index (χ2v) is 18.5. The Bertz CT molecular complexity index is 4600. The summed E-state index contributed by atoms with van der Waals surface area (Å²) in [5.74, 6) is 0. The summed E-state index contributed by atoms with van der Waals surface area (Å²) in [5, 5.41) is 16.7. The molecule has 0 fully saturated rings. The third-order valence-electron chi connectivity index (χ3n) is 14.3. The van der Waals surface area contributed by atoms with Crippen molar-refractivity contribution in [3.63, 3.8) is 0 Å². The molecule has 0 aliphatic carbocycles. The minimum atomic E-state index is 0.901. The van der Waals surface area contributed by atoms with Gasteiger partial charge in [-0.05, 0) is 125 Å². The first-order chi connectivity index (χ1) is 35.7.